The van der Waals surface area contributed by atoms with Gasteiger partial charge in [-0.1, -0.05) is 24.3 Å². The molecule has 1 saturated heterocycles. The number of ether oxygens (including phenoxy) is 2. The molecular weight excluding hydrogens is 406 g/mol. The van der Waals surface area contributed by atoms with Gasteiger partial charge in [0, 0.05) is 5.56 Å². The van der Waals surface area contributed by atoms with E-state index in [1.165, 1.54) is 7.11 Å². The van der Waals surface area contributed by atoms with Gasteiger partial charge in [-0.2, -0.15) is 0 Å². The van der Waals surface area contributed by atoms with E-state index in [0.29, 0.717) is 34.7 Å². The number of thioether (sulfide) groups is 1. The van der Waals surface area contributed by atoms with Gasteiger partial charge in [-0.3, -0.25) is 9.59 Å². The van der Waals surface area contributed by atoms with Gasteiger partial charge in [-0.15, -0.1) is 6.58 Å². The number of carboxylic acid groups (broad SMARTS) is 1. The molecule has 1 aliphatic heterocycles. The first-order valence-corrected chi connectivity index (χ1v) is 9.75. The van der Waals surface area contributed by atoms with Crippen LogP contribution in [0.15, 0.2) is 60.0 Å². The van der Waals surface area contributed by atoms with Crippen LogP contribution in [0.1, 0.15) is 11.1 Å². The van der Waals surface area contributed by atoms with E-state index in [0.717, 1.165) is 16.7 Å². The number of carbonyl (C=O) groups is 3. The van der Waals surface area contributed by atoms with Gasteiger partial charge in [0.15, 0.2) is 18.1 Å². The van der Waals surface area contributed by atoms with Crippen molar-refractivity contribution in [3.8, 4) is 11.5 Å². The minimum Gasteiger partial charge on any atom is -0.493 e. The third-order valence-electron chi connectivity index (χ3n) is 4.18. The van der Waals surface area contributed by atoms with Crippen LogP contribution in [-0.4, -0.2) is 35.9 Å². The first-order chi connectivity index (χ1) is 14.4. The van der Waals surface area contributed by atoms with Crippen molar-refractivity contribution < 1.29 is 29.0 Å². The van der Waals surface area contributed by atoms with Crippen LogP contribution in [0.5, 0.6) is 11.5 Å². The number of carboxylic acids is 1. The van der Waals surface area contributed by atoms with Crippen molar-refractivity contribution >= 4 is 40.6 Å². The number of para-hydroxylation sites is 1. The van der Waals surface area contributed by atoms with Gasteiger partial charge >= 0.3 is 5.97 Å². The minimum absolute atomic E-state index is 0.273. The summed E-state index contributed by atoms with van der Waals surface area (Å²) < 4.78 is 10.7. The Balaban J connectivity index is 1.97. The molecule has 1 aliphatic rings. The Morgan fingerprint density at radius 2 is 1.97 bits per heavy atom. The minimum atomic E-state index is -1.11. The number of hydrogen-bond acceptors (Lipinski definition) is 6. The summed E-state index contributed by atoms with van der Waals surface area (Å²) in [7, 11) is 1.44. The Kier molecular flexibility index (Phi) is 6.58. The van der Waals surface area contributed by atoms with Crippen molar-refractivity contribution in [1.82, 2.24) is 0 Å². The summed E-state index contributed by atoms with van der Waals surface area (Å²) in [6.45, 7) is 3.19. The molecule has 30 heavy (non-hydrogen) atoms. The summed E-state index contributed by atoms with van der Waals surface area (Å²) in [5.74, 6) is -0.898. The van der Waals surface area contributed by atoms with Crippen LogP contribution in [0.2, 0.25) is 0 Å². The number of allylic oxidation sites excluding steroid dienone is 1. The van der Waals surface area contributed by atoms with Gasteiger partial charge in [-0.25, -0.2) is 9.69 Å². The normalized spacial score (nSPS) is 14.8. The molecule has 0 spiro atoms. The van der Waals surface area contributed by atoms with E-state index in [2.05, 4.69) is 6.58 Å². The second-order valence-corrected chi connectivity index (χ2v) is 7.23. The molecule has 2 aromatic carbocycles. The smallest absolute Gasteiger partial charge is 0.341 e. The van der Waals surface area contributed by atoms with E-state index < -0.39 is 18.5 Å². The van der Waals surface area contributed by atoms with Crippen molar-refractivity contribution in [3.05, 3.63) is 71.2 Å². The number of rotatable bonds is 8. The van der Waals surface area contributed by atoms with Crippen molar-refractivity contribution in [1.29, 1.82) is 0 Å². The molecule has 8 heteroatoms. The van der Waals surface area contributed by atoms with Gasteiger partial charge in [0.05, 0.1) is 17.7 Å². The summed E-state index contributed by atoms with van der Waals surface area (Å²) in [4.78, 5) is 37.5. The van der Waals surface area contributed by atoms with Crippen LogP contribution in [0.4, 0.5) is 10.5 Å². The molecule has 0 radical (unpaired) electrons. The van der Waals surface area contributed by atoms with Gasteiger partial charge in [0.1, 0.15) is 0 Å². The molecule has 1 fully saturated rings. The van der Waals surface area contributed by atoms with E-state index in [1.54, 1.807) is 54.6 Å². The fourth-order valence-electron chi connectivity index (χ4n) is 2.94. The van der Waals surface area contributed by atoms with Gasteiger partial charge < -0.3 is 14.6 Å². The van der Waals surface area contributed by atoms with E-state index in [4.69, 9.17) is 14.6 Å². The maximum Gasteiger partial charge on any atom is 0.341 e. The Hall–Kier alpha value is -3.52. The van der Waals surface area contributed by atoms with Crippen molar-refractivity contribution in [2.75, 3.05) is 18.6 Å². The fourth-order valence-corrected chi connectivity index (χ4v) is 3.78. The summed E-state index contributed by atoms with van der Waals surface area (Å²) in [5.41, 5.74) is 1.77. The highest BCUT2D eigenvalue weighted by Gasteiger charge is 2.36. The first kappa shape index (κ1) is 21.2. The number of imide groups is 1. The number of nitrogens with zero attached hydrogens (tertiary/aromatic N) is 1. The van der Waals surface area contributed by atoms with E-state index in [-0.39, 0.29) is 10.1 Å². The number of amides is 2. The number of benzene rings is 2. The molecule has 2 amide bonds. The van der Waals surface area contributed by atoms with Crippen molar-refractivity contribution in [2.45, 2.75) is 6.42 Å². The summed E-state index contributed by atoms with van der Waals surface area (Å²) >= 11 is 0.851. The summed E-state index contributed by atoms with van der Waals surface area (Å²) in [6, 6.07) is 12.1. The van der Waals surface area contributed by atoms with Crippen LogP contribution >= 0.6 is 11.8 Å². The number of carbonyl (C=O) groups excluding carboxylic acids is 2. The lowest BCUT2D eigenvalue weighted by Crippen LogP contribution is -2.27. The predicted octanol–water partition coefficient (Wildman–Crippen LogP) is 4.13. The Labute approximate surface area is 177 Å². The average Bonchev–Trinajstić information content (AvgIpc) is 3.00. The lowest BCUT2D eigenvalue weighted by molar-refractivity contribution is -0.139. The highest BCUT2D eigenvalue weighted by molar-refractivity contribution is 8.19. The zero-order valence-corrected chi connectivity index (χ0v) is 17.0. The molecule has 0 saturated carbocycles. The molecule has 3 rings (SSSR count). The van der Waals surface area contributed by atoms with Gasteiger partial charge in [-0.05, 0) is 54.1 Å². The third kappa shape index (κ3) is 4.55. The number of aliphatic carboxylic acids is 1. The van der Waals surface area contributed by atoms with Crippen LogP contribution in [0.3, 0.4) is 0 Å². The second-order valence-electron chi connectivity index (χ2n) is 6.24. The maximum atomic E-state index is 12.8. The van der Waals surface area contributed by atoms with Gasteiger partial charge in [0.2, 0.25) is 0 Å². The Bertz CT molecular complexity index is 1030. The third-order valence-corrected chi connectivity index (χ3v) is 5.05. The standard InChI is InChI=1S/C22H19NO6S/c1-3-7-15-10-14(11-17(28-2)20(15)29-13-19(24)25)12-18-21(26)23(22(27)30-18)16-8-5-4-6-9-16/h3-6,8-12H,1,7,13H2,2H3,(H,24,25)/b18-12-. The molecular formula is C22H19NO6S. The maximum absolute atomic E-state index is 12.8. The predicted molar refractivity (Wildman–Crippen MR) is 115 cm³/mol. The zero-order valence-electron chi connectivity index (χ0n) is 16.2. The quantitative estimate of drug-likeness (QED) is 0.502. The molecule has 154 valence electrons. The van der Waals surface area contributed by atoms with Crippen LogP contribution in [0.25, 0.3) is 6.08 Å². The molecule has 0 unspecified atom stereocenters. The number of hydrogen-bond donors (Lipinski definition) is 1. The average molecular weight is 425 g/mol. The lowest BCUT2D eigenvalue weighted by atomic mass is 10.0. The first-order valence-electron chi connectivity index (χ1n) is 8.94. The van der Waals surface area contributed by atoms with Crippen molar-refractivity contribution in [3.63, 3.8) is 0 Å². The molecule has 1 heterocycles. The fraction of sp³-hybridized carbons (Fsp3) is 0.136. The molecule has 0 aromatic heterocycles. The van der Waals surface area contributed by atoms with E-state index in [1.807, 2.05) is 0 Å². The van der Waals surface area contributed by atoms with E-state index in [9.17, 15) is 14.4 Å². The molecule has 0 bridgehead atoms. The lowest BCUT2D eigenvalue weighted by Gasteiger charge is -2.15. The molecule has 1 N–H and O–H groups in total. The second kappa shape index (κ2) is 9.32. The zero-order chi connectivity index (χ0) is 21.7. The van der Waals surface area contributed by atoms with Crippen LogP contribution < -0.4 is 14.4 Å². The SMILES string of the molecule is C=CCc1cc(/C=C2\SC(=O)N(c3ccccc3)C2=O)cc(OC)c1OCC(=O)O. The topological polar surface area (TPSA) is 93.1 Å². The largest absolute Gasteiger partial charge is 0.493 e. The van der Waals surface area contributed by atoms with Gasteiger partial charge in [0.25, 0.3) is 11.1 Å². The van der Waals surface area contributed by atoms with E-state index >= 15 is 0 Å². The van der Waals surface area contributed by atoms with Crippen LogP contribution in [-0.2, 0) is 16.0 Å². The monoisotopic (exact) mass is 425 g/mol. The highest BCUT2D eigenvalue weighted by atomic mass is 32.2. The highest BCUT2D eigenvalue weighted by Crippen LogP contribution is 2.38. The number of methoxy groups -OCH3 is 1. The summed E-state index contributed by atoms with van der Waals surface area (Å²) in [5, 5.41) is 8.53. The Morgan fingerprint density at radius 3 is 2.60 bits per heavy atom. The molecule has 7 nitrogen and oxygen atoms in total. The van der Waals surface area contributed by atoms with Crippen LogP contribution in [0, 0.1) is 0 Å². The molecule has 0 atom stereocenters. The summed E-state index contributed by atoms with van der Waals surface area (Å²) in [6.07, 6.45) is 3.65. The molecule has 2 aromatic rings. The molecule has 0 aliphatic carbocycles. The Morgan fingerprint density at radius 1 is 1.23 bits per heavy atom. The number of anilines is 1. The van der Waals surface area contributed by atoms with Crippen molar-refractivity contribution in [2.24, 2.45) is 0 Å².